The van der Waals surface area contributed by atoms with Gasteiger partial charge in [-0.1, -0.05) is 0 Å². The number of benzene rings is 1. The van der Waals surface area contributed by atoms with Gasteiger partial charge in [-0.3, -0.25) is 14.9 Å². The number of non-ortho nitro benzene ring substituents is 1. The van der Waals surface area contributed by atoms with Crippen molar-refractivity contribution in [2.45, 2.75) is 12.8 Å². The summed E-state index contributed by atoms with van der Waals surface area (Å²) in [6.45, 7) is 0.212. The first kappa shape index (κ1) is 17.6. The molecule has 96 valence electrons. The average Bonchev–Trinajstić information content (AvgIpc) is 2.34. The Kier molecular flexibility index (Phi) is 7.97. The van der Waals surface area contributed by atoms with E-state index in [0.29, 0.717) is 0 Å². The van der Waals surface area contributed by atoms with Crippen LogP contribution in [0.1, 0.15) is 23.2 Å². The van der Waals surface area contributed by atoms with E-state index in [1.54, 1.807) is 0 Å². The van der Waals surface area contributed by atoms with Gasteiger partial charge in [-0.05, 0) is 25.0 Å². The molecule has 8 heteroatoms. The van der Waals surface area contributed by atoms with Gasteiger partial charge in [0.25, 0.3) is 11.6 Å². The van der Waals surface area contributed by atoms with E-state index in [4.69, 9.17) is 0 Å². The van der Waals surface area contributed by atoms with E-state index < -0.39 is 16.8 Å². The molecule has 0 unspecified atom stereocenters. The Labute approximate surface area is 131 Å². The van der Waals surface area contributed by atoms with Crippen molar-refractivity contribution < 1.29 is 49.2 Å². The van der Waals surface area contributed by atoms with Crippen molar-refractivity contribution in [3.8, 4) is 0 Å². The number of nitrogens with zero attached hydrogens (tertiary/aromatic N) is 1. The molecule has 0 saturated heterocycles. The standard InChI is InChI=1S/C11H12N2O5.Na/c14-10(15)2-1-7-12-11(16)8-3-5-9(6-4-8)13(17)18;/h3-6H,1-2,7H2,(H,12,16)(H,14,15);/q;+1/p-1. The van der Waals surface area contributed by atoms with Crippen molar-refractivity contribution in [1.82, 2.24) is 5.32 Å². The zero-order valence-corrected chi connectivity index (χ0v) is 12.4. The number of nitrogens with one attached hydrogen (secondary N) is 1. The summed E-state index contributed by atoms with van der Waals surface area (Å²) in [6.07, 6.45) is 0.154. The quantitative estimate of drug-likeness (QED) is 0.255. The Bertz CT molecular complexity index is 461. The van der Waals surface area contributed by atoms with Crippen molar-refractivity contribution in [2.24, 2.45) is 0 Å². The number of hydrogen-bond donors (Lipinski definition) is 1. The van der Waals surface area contributed by atoms with Gasteiger partial charge in [-0.25, -0.2) is 0 Å². The van der Waals surface area contributed by atoms with Gasteiger partial charge in [0.1, 0.15) is 0 Å². The minimum atomic E-state index is -1.17. The number of hydrogen-bond acceptors (Lipinski definition) is 5. The van der Waals surface area contributed by atoms with E-state index in [0.717, 1.165) is 0 Å². The zero-order valence-electron chi connectivity index (χ0n) is 10.4. The predicted octanol–water partition coefficient (Wildman–Crippen LogP) is -3.14. The molecule has 0 saturated carbocycles. The number of amides is 1. The van der Waals surface area contributed by atoms with Crippen molar-refractivity contribution in [2.75, 3.05) is 6.54 Å². The second-order valence-corrected chi connectivity index (χ2v) is 3.54. The van der Waals surface area contributed by atoms with Crippen LogP contribution in [0, 0.1) is 10.1 Å². The molecule has 1 aromatic carbocycles. The molecule has 0 radical (unpaired) electrons. The van der Waals surface area contributed by atoms with E-state index in [-0.39, 0.29) is 60.2 Å². The molecule has 0 bridgehead atoms. The van der Waals surface area contributed by atoms with E-state index >= 15 is 0 Å². The third-order valence-electron chi connectivity index (χ3n) is 2.18. The topological polar surface area (TPSA) is 112 Å². The van der Waals surface area contributed by atoms with Crippen LogP contribution in [0.25, 0.3) is 0 Å². The molecule has 1 aromatic rings. The van der Waals surface area contributed by atoms with Crippen LogP contribution in [0.3, 0.4) is 0 Å². The molecule has 7 nitrogen and oxygen atoms in total. The summed E-state index contributed by atoms with van der Waals surface area (Å²) in [5.41, 5.74) is 0.192. The van der Waals surface area contributed by atoms with Crippen LogP contribution in [-0.4, -0.2) is 23.3 Å². The van der Waals surface area contributed by atoms with Crippen LogP contribution in [0.5, 0.6) is 0 Å². The van der Waals surface area contributed by atoms with E-state index in [2.05, 4.69) is 5.32 Å². The van der Waals surface area contributed by atoms with Crippen molar-refractivity contribution in [3.63, 3.8) is 0 Å². The Hall–Kier alpha value is -1.44. The van der Waals surface area contributed by atoms with Crippen LogP contribution in [0.2, 0.25) is 0 Å². The number of carboxylic acid groups (broad SMARTS) is 1. The van der Waals surface area contributed by atoms with Crippen LogP contribution in [-0.2, 0) is 4.79 Å². The van der Waals surface area contributed by atoms with Gasteiger partial charge < -0.3 is 15.2 Å². The maximum atomic E-state index is 11.5. The van der Waals surface area contributed by atoms with Gasteiger partial charge in [0.05, 0.1) is 4.92 Å². The van der Waals surface area contributed by atoms with Crippen LogP contribution in [0.15, 0.2) is 24.3 Å². The summed E-state index contributed by atoms with van der Waals surface area (Å²) in [4.78, 5) is 31.5. The average molecular weight is 274 g/mol. The van der Waals surface area contributed by atoms with Gasteiger partial charge in [0.2, 0.25) is 0 Å². The largest absolute Gasteiger partial charge is 1.00 e. The first-order valence-electron chi connectivity index (χ1n) is 5.23. The Morgan fingerprint density at radius 1 is 1.21 bits per heavy atom. The number of carbonyl (C=O) groups is 2. The van der Waals surface area contributed by atoms with Gasteiger partial charge in [0.15, 0.2) is 0 Å². The first-order valence-corrected chi connectivity index (χ1v) is 5.23. The Morgan fingerprint density at radius 3 is 2.26 bits per heavy atom. The fourth-order valence-electron chi connectivity index (χ4n) is 1.27. The van der Waals surface area contributed by atoms with Crippen molar-refractivity contribution in [1.29, 1.82) is 0 Å². The van der Waals surface area contributed by atoms with Crippen LogP contribution in [0.4, 0.5) is 5.69 Å². The number of nitro groups is 1. The fourth-order valence-corrected chi connectivity index (χ4v) is 1.27. The zero-order chi connectivity index (χ0) is 13.5. The minimum Gasteiger partial charge on any atom is -0.550 e. The summed E-state index contributed by atoms with van der Waals surface area (Å²) >= 11 is 0. The van der Waals surface area contributed by atoms with Gasteiger partial charge >= 0.3 is 29.6 Å². The molecule has 0 fully saturated rings. The third kappa shape index (κ3) is 6.32. The number of carbonyl (C=O) groups excluding carboxylic acids is 2. The molecule has 0 aliphatic rings. The molecule has 0 atom stereocenters. The Balaban J connectivity index is 0.00000324. The van der Waals surface area contributed by atoms with E-state index in [1.807, 2.05) is 0 Å². The fraction of sp³-hybridized carbons (Fsp3) is 0.273. The third-order valence-corrected chi connectivity index (χ3v) is 2.18. The smallest absolute Gasteiger partial charge is 0.550 e. The molecular weight excluding hydrogens is 263 g/mol. The minimum absolute atomic E-state index is 0. The van der Waals surface area contributed by atoms with Gasteiger partial charge in [-0.15, -0.1) is 0 Å². The number of rotatable bonds is 6. The van der Waals surface area contributed by atoms with Crippen molar-refractivity contribution in [3.05, 3.63) is 39.9 Å². The van der Waals surface area contributed by atoms with Gasteiger partial charge in [0, 0.05) is 30.2 Å². The number of nitro benzene ring substituents is 1. The van der Waals surface area contributed by atoms with Crippen LogP contribution >= 0.6 is 0 Å². The van der Waals surface area contributed by atoms with Crippen molar-refractivity contribution >= 4 is 17.6 Å². The number of aliphatic carboxylic acids is 1. The number of carboxylic acids is 1. The van der Waals surface area contributed by atoms with Gasteiger partial charge in [-0.2, -0.15) is 0 Å². The maximum Gasteiger partial charge on any atom is 1.00 e. The Morgan fingerprint density at radius 2 is 1.79 bits per heavy atom. The monoisotopic (exact) mass is 274 g/mol. The van der Waals surface area contributed by atoms with E-state index in [1.165, 1.54) is 24.3 Å². The molecule has 1 amide bonds. The van der Waals surface area contributed by atoms with Crippen LogP contribution < -0.4 is 40.0 Å². The normalized spacial score (nSPS) is 9.26. The summed E-state index contributed by atoms with van der Waals surface area (Å²) in [7, 11) is 0. The molecule has 0 aliphatic heterocycles. The molecule has 19 heavy (non-hydrogen) atoms. The molecule has 0 aromatic heterocycles. The van der Waals surface area contributed by atoms with E-state index in [9.17, 15) is 24.8 Å². The summed E-state index contributed by atoms with van der Waals surface area (Å²) in [6, 6.07) is 5.14. The second-order valence-electron chi connectivity index (χ2n) is 3.54. The molecule has 0 heterocycles. The predicted molar refractivity (Wildman–Crippen MR) is 59.7 cm³/mol. The molecular formula is C11H11N2NaO5. The molecule has 0 spiro atoms. The molecule has 0 aliphatic carbocycles. The SMILES string of the molecule is O=C([O-])CCCNC(=O)c1ccc([N+](=O)[O-])cc1.[Na+]. The second kappa shape index (κ2) is 8.63. The molecule has 1 N–H and O–H groups in total. The summed E-state index contributed by atoms with van der Waals surface area (Å²) in [5.74, 6) is -1.57. The maximum absolute atomic E-state index is 11.5. The summed E-state index contributed by atoms with van der Waals surface area (Å²) in [5, 5.41) is 23.0. The first-order chi connectivity index (χ1) is 8.50. The molecule has 1 rings (SSSR count). The summed E-state index contributed by atoms with van der Waals surface area (Å²) < 4.78 is 0.